The van der Waals surface area contributed by atoms with Gasteiger partial charge in [-0.2, -0.15) is 0 Å². The van der Waals surface area contributed by atoms with Crippen LogP contribution in [0.2, 0.25) is 0 Å². The summed E-state index contributed by atoms with van der Waals surface area (Å²) in [5.74, 6) is -0.871. The van der Waals surface area contributed by atoms with E-state index in [1.165, 1.54) is 0 Å². The van der Waals surface area contributed by atoms with Crippen molar-refractivity contribution in [2.24, 2.45) is 5.14 Å². The van der Waals surface area contributed by atoms with E-state index in [1.807, 2.05) is 0 Å². The minimum Gasteiger partial charge on any atom is -0.459 e. The number of nitrogens with zero attached hydrogens (tertiary/aromatic N) is 1. The van der Waals surface area contributed by atoms with Crippen LogP contribution in [0.4, 0.5) is 5.69 Å². The number of hydrogen-bond donors (Lipinski definition) is 1. The van der Waals surface area contributed by atoms with Gasteiger partial charge in [-0.3, -0.25) is 10.1 Å². The second-order valence-corrected chi connectivity index (χ2v) is 6.55. The number of non-ortho nitro benzene ring substituents is 1. The molecular weight excluding hydrogens is 368 g/mol. The van der Waals surface area contributed by atoms with Crippen molar-refractivity contribution in [1.82, 2.24) is 0 Å². The second-order valence-electron chi connectivity index (χ2n) is 4.23. The van der Waals surface area contributed by atoms with E-state index in [0.717, 1.165) is 12.1 Å². The Morgan fingerprint density at radius 3 is 2.52 bits per heavy atom. The molecule has 0 radical (unpaired) electrons. The molecule has 1 aromatic carbocycles. The van der Waals surface area contributed by atoms with Gasteiger partial charge in [0.05, 0.1) is 21.1 Å². The van der Waals surface area contributed by atoms with E-state index in [1.54, 1.807) is 13.8 Å². The Balaban J connectivity index is 3.48. The molecule has 0 aliphatic carbocycles. The average Bonchev–Trinajstić information content (AvgIpc) is 2.36. The summed E-state index contributed by atoms with van der Waals surface area (Å²) in [5.41, 5.74) is -0.841. The van der Waals surface area contributed by atoms with Gasteiger partial charge in [-0.25, -0.2) is 18.4 Å². The third kappa shape index (κ3) is 4.22. The number of benzene rings is 1. The summed E-state index contributed by atoms with van der Waals surface area (Å²) in [6, 6.07) is 1.71. The minimum absolute atomic E-state index is 0.163. The van der Waals surface area contributed by atoms with E-state index >= 15 is 0 Å². The largest absolute Gasteiger partial charge is 0.459 e. The molecule has 116 valence electrons. The van der Waals surface area contributed by atoms with Crippen molar-refractivity contribution in [2.75, 3.05) is 0 Å². The van der Waals surface area contributed by atoms with Gasteiger partial charge < -0.3 is 4.74 Å². The number of primary sulfonamides is 1. The summed E-state index contributed by atoms with van der Waals surface area (Å²) >= 11 is 2.93. The van der Waals surface area contributed by atoms with Crippen molar-refractivity contribution in [3.63, 3.8) is 0 Å². The van der Waals surface area contributed by atoms with E-state index < -0.39 is 37.6 Å². The van der Waals surface area contributed by atoms with Crippen LogP contribution in [0.3, 0.4) is 0 Å². The van der Waals surface area contributed by atoms with Crippen LogP contribution in [-0.2, 0) is 14.8 Å². The van der Waals surface area contributed by atoms with Gasteiger partial charge in [0.2, 0.25) is 10.0 Å². The number of nitrogens with two attached hydrogens (primary N) is 1. The molecule has 0 aromatic heterocycles. The summed E-state index contributed by atoms with van der Waals surface area (Å²) in [6.45, 7) is 3.43. The molecule has 0 spiro atoms. The maximum Gasteiger partial charge on any atom is 0.339 e. The molecule has 1 aromatic rings. The van der Waals surface area contributed by atoms with Gasteiger partial charge in [0.25, 0.3) is 5.69 Å². The molecule has 21 heavy (non-hydrogen) atoms. The topological polar surface area (TPSA) is 130 Å². The Kier molecular flexibility index (Phi) is 5.42. The Morgan fingerprint density at radius 2 is 2.10 bits per heavy atom. The number of sulfonamides is 1. The highest BCUT2D eigenvalue weighted by Crippen LogP contribution is 2.31. The van der Waals surface area contributed by atoms with Crippen molar-refractivity contribution >= 4 is 37.6 Å². The van der Waals surface area contributed by atoms with Crippen LogP contribution < -0.4 is 5.14 Å². The monoisotopic (exact) mass is 380 g/mol. The van der Waals surface area contributed by atoms with E-state index in [0.29, 0.717) is 6.42 Å². The van der Waals surface area contributed by atoms with Crippen molar-refractivity contribution in [2.45, 2.75) is 31.3 Å². The maximum atomic E-state index is 12.0. The number of nitro groups is 1. The van der Waals surface area contributed by atoms with Gasteiger partial charge >= 0.3 is 5.97 Å². The quantitative estimate of drug-likeness (QED) is 0.471. The van der Waals surface area contributed by atoms with E-state index in [4.69, 9.17) is 9.88 Å². The van der Waals surface area contributed by atoms with Crippen LogP contribution in [0, 0.1) is 10.1 Å². The van der Waals surface area contributed by atoms with Gasteiger partial charge in [-0.15, -0.1) is 0 Å². The molecule has 1 rings (SSSR count). The zero-order valence-electron chi connectivity index (χ0n) is 11.2. The summed E-state index contributed by atoms with van der Waals surface area (Å²) in [5, 5.41) is 15.8. The maximum absolute atomic E-state index is 12.0. The van der Waals surface area contributed by atoms with Crippen LogP contribution in [0.5, 0.6) is 0 Å². The van der Waals surface area contributed by atoms with Crippen molar-refractivity contribution < 1.29 is 22.9 Å². The van der Waals surface area contributed by atoms with Gasteiger partial charge in [-0.05, 0) is 29.3 Å². The average molecular weight is 381 g/mol. The number of esters is 1. The van der Waals surface area contributed by atoms with Gasteiger partial charge in [0.15, 0.2) is 0 Å². The SMILES string of the molecule is CCC(C)OC(=O)c1cc([N+](=O)[O-])cc(S(N)(=O)=O)c1Br. The highest BCUT2D eigenvalue weighted by atomic mass is 79.9. The molecule has 10 heteroatoms. The Labute approximate surface area is 129 Å². The number of nitro benzene ring substituents is 1. The van der Waals surface area contributed by atoms with Gasteiger partial charge in [0, 0.05) is 12.1 Å². The number of carbonyl (C=O) groups excluding carboxylic acids is 1. The third-order valence-corrected chi connectivity index (χ3v) is 4.70. The predicted octanol–water partition coefficient (Wildman–Crippen LogP) is 1.96. The number of hydrogen-bond acceptors (Lipinski definition) is 6. The zero-order chi connectivity index (χ0) is 16.4. The molecule has 0 bridgehead atoms. The third-order valence-electron chi connectivity index (χ3n) is 2.64. The molecule has 1 unspecified atom stereocenters. The molecular formula is C11H13BrN2O6S. The lowest BCUT2D eigenvalue weighted by molar-refractivity contribution is -0.385. The predicted molar refractivity (Wildman–Crippen MR) is 77.3 cm³/mol. The summed E-state index contributed by atoms with van der Waals surface area (Å²) in [7, 11) is -4.24. The van der Waals surface area contributed by atoms with E-state index in [2.05, 4.69) is 15.9 Å². The molecule has 0 amide bonds. The lowest BCUT2D eigenvalue weighted by atomic mass is 10.2. The fourth-order valence-electron chi connectivity index (χ4n) is 1.37. The van der Waals surface area contributed by atoms with Gasteiger partial charge in [-0.1, -0.05) is 6.92 Å². The Bertz CT molecular complexity index is 688. The lowest BCUT2D eigenvalue weighted by Gasteiger charge is -2.13. The molecule has 0 fully saturated rings. The van der Waals surface area contributed by atoms with Gasteiger partial charge in [0.1, 0.15) is 4.90 Å². The number of halogens is 1. The van der Waals surface area contributed by atoms with E-state index in [-0.39, 0.29) is 10.0 Å². The first-order chi connectivity index (χ1) is 9.57. The molecule has 0 aliphatic heterocycles. The van der Waals surface area contributed by atoms with Crippen LogP contribution in [-0.4, -0.2) is 25.4 Å². The Morgan fingerprint density at radius 1 is 1.52 bits per heavy atom. The standard InChI is InChI=1S/C11H13BrN2O6S/c1-3-6(2)20-11(15)8-4-7(14(16)17)5-9(10(8)12)21(13,18)19/h4-6H,3H2,1-2H3,(H2,13,18,19). The van der Waals surface area contributed by atoms with Crippen molar-refractivity contribution in [1.29, 1.82) is 0 Å². The fourth-order valence-corrected chi connectivity index (χ4v) is 3.09. The van der Waals surface area contributed by atoms with Crippen LogP contribution in [0.15, 0.2) is 21.5 Å². The second kappa shape index (κ2) is 6.50. The first-order valence-electron chi connectivity index (χ1n) is 5.79. The first-order valence-corrected chi connectivity index (χ1v) is 8.13. The van der Waals surface area contributed by atoms with Crippen LogP contribution in [0.1, 0.15) is 30.6 Å². The molecule has 0 aliphatic rings. The molecule has 1 atom stereocenters. The zero-order valence-corrected chi connectivity index (χ0v) is 13.6. The summed E-state index contributed by atoms with van der Waals surface area (Å²) in [6.07, 6.45) is 0.127. The highest BCUT2D eigenvalue weighted by Gasteiger charge is 2.26. The van der Waals surface area contributed by atoms with Crippen molar-refractivity contribution in [3.8, 4) is 0 Å². The highest BCUT2D eigenvalue weighted by molar-refractivity contribution is 9.10. The number of carbonyl (C=O) groups is 1. The first kappa shape index (κ1) is 17.5. The minimum atomic E-state index is -4.24. The number of rotatable bonds is 5. The molecule has 8 nitrogen and oxygen atoms in total. The van der Waals surface area contributed by atoms with Crippen molar-refractivity contribution in [3.05, 3.63) is 32.3 Å². The molecule has 0 heterocycles. The summed E-state index contributed by atoms with van der Waals surface area (Å²) < 4.78 is 27.8. The Hall–Kier alpha value is -1.52. The fraction of sp³-hybridized carbons (Fsp3) is 0.364. The normalized spacial score (nSPS) is 12.8. The smallest absolute Gasteiger partial charge is 0.339 e. The molecule has 2 N–H and O–H groups in total. The van der Waals surface area contributed by atoms with Crippen LogP contribution >= 0.6 is 15.9 Å². The molecule has 0 saturated carbocycles. The summed E-state index contributed by atoms with van der Waals surface area (Å²) in [4.78, 5) is 21.5. The van der Waals surface area contributed by atoms with Crippen LogP contribution in [0.25, 0.3) is 0 Å². The number of ether oxygens (including phenoxy) is 1. The lowest BCUT2D eigenvalue weighted by Crippen LogP contribution is -2.18. The molecule has 0 saturated heterocycles. The van der Waals surface area contributed by atoms with E-state index in [9.17, 15) is 23.3 Å².